The van der Waals surface area contributed by atoms with Crippen LogP contribution in [0, 0.1) is 5.41 Å². The van der Waals surface area contributed by atoms with Gasteiger partial charge in [0.1, 0.15) is 5.78 Å². The highest BCUT2D eigenvalue weighted by atomic mass is 79.9. The molecule has 1 fully saturated rings. The van der Waals surface area contributed by atoms with Gasteiger partial charge in [0.2, 0.25) is 0 Å². The second kappa shape index (κ2) is 5.30. The number of hydrogen-bond acceptors (Lipinski definition) is 2. The summed E-state index contributed by atoms with van der Waals surface area (Å²) in [4.78, 5) is 16.6. The Morgan fingerprint density at radius 3 is 2.65 bits per heavy atom. The van der Waals surface area contributed by atoms with E-state index in [1.807, 2.05) is 12.1 Å². The zero-order valence-electron chi connectivity index (χ0n) is 10.2. The molecule has 1 saturated carbocycles. The number of aromatic nitrogens is 1. The van der Waals surface area contributed by atoms with Gasteiger partial charge in [0.15, 0.2) is 0 Å². The van der Waals surface area contributed by atoms with Crippen LogP contribution < -0.4 is 0 Å². The van der Waals surface area contributed by atoms with Gasteiger partial charge in [-0.15, -0.1) is 0 Å². The molecule has 1 aliphatic rings. The van der Waals surface area contributed by atoms with Crippen molar-refractivity contribution in [2.75, 3.05) is 0 Å². The lowest BCUT2D eigenvalue weighted by Crippen LogP contribution is -2.31. The molecule has 1 heterocycles. The van der Waals surface area contributed by atoms with Gasteiger partial charge >= 0.3 is 0 Å². The molecule has 0 N–H and O–H groups in total. The van der Waals surface area contributed by atoms with Crippen LogP contribution in [-0.4, -0.2) is 10.8 Å². The number of rotatable bonds is 3. The van der Waals surface area contributed by atoms with E-state index in [-0.39, 0.29) is 5.41 Å². The van der Waals surface area contributed by atoms with E-state index >= 15 is 0 Å². The lowest BCUT2D eigenvalue weighted by molar-refractivity contribution is -0.128. The van der Waals surface area contributed by atoms with Gasteiger partial charge in [-0.05, 0) is 40.9 Å². The Hall–Kier alpha value is -0.700. The van der Waals surface area contributed by atoms with Crippen LogP contribution in [-0.2, 0) is 11.2 Å². The summed E-state index contributed by atoms with van der Waals surface area (Å²) in [5.41, 5.74) is 0.775. The average molecular weight is 296 g/mol. The first-order valence-electron chi connectivity index (χ1n) is 6.24. The summed E-state index contributed by atoms with van der Waals surface area (Å²) in [5.74, 6) is 0.354. The summed E-state index contributed by atoms with van der Waals surface area (Å²) in [6, 6.07) is 3.87. The topological polar surface area (TPSA) is 30.0 Å². The summed E-state index contributed by atoms with van der Waals surface area (Å²) < 4.78 is 0.956. The Morgan fingerprint density at radius 2 is 2.06 bits per heavy atom. The SMILES string of the molecule is CC1(C(=O)Cc2ccc(Br)cn2)CCCCC1. The first kappa shape index (κ1) is 12.7. The molecule has 0 unspecified atom stereocenters. The average Bonchev–Trinajstić information content (AvgIpc) is 2.33. The van der Waals surface area contributed by atoms with Gasteiger partial charge in [-0.25, -0.2) is 0 Å². The molecule has 1 aromatic heterocycles. The molecule has 0 saturated heterocycles. The third-order valence-corrected chi connectivity index (χ3v) is 4.23. The highest BCUT2D eigenvalue weighted by Gasteiger charge is 2.33. The second-order valence-corrected chi connectivity index (χ2v) is 6.10. The quantitative estimate of drug-likeness (QED) is 0.846. The molecule has 17 heavy (non-hydrogen) atoms. The molecule has 1 aliphatic carbocycles. The Balaban J connectivity index is 2.03. The molecule has 0 aliphatic heterocycles. The number of pyridine rings is 1. The number of halogens is 1. The molecule has 0 aromatic carbocycles. The minimum atomic E-state index is -0.104. The minimum absolute atomic E-state index is 0.104. The number of nitrogens with zero attached hydrogens (tertiary/aromatic N) is 1. The fraction of sp³-hybridized carbons (Fsp3) is 0.571. The summed E-state index contributed by atoms with van der Waals surface area (Å²) in [6.07, 6.45) is 7.98. The van der Waals surface area contributed by atoms with Crippen molar-refractivity contribution in [3.63, 3.8) is 0 Å². The molecule has 0 bridgehead atoms. The van der Waals surface area contributed by atoms with Crippen molar-refractivity contribution < 1.29 is 4.79 Å². The molecule has 3 heteroatoms. The molecule has 92 valence electrons. The van der Waals surface area contributed by atoms with Crippen molar-refractivity contribution in [1.82, 2.24) is 4.98 Å². The third-order valence-electron chi connectivity index (χ3n) is 3.76. The fourth-order valence-electron chi connectivity index (χ4n) is 2.50. The molecule has 1 aromatic rings. The van der Waals surface area contributed by atoms with Crippen LogP contribution in [0.5, 0.6) is 0 Å². The molecule has 2 rings (SSSR count). The second-order valence-electron chi connectivity index (χ2n) is 5.19. The Morgan fingerprint density at radius 1 is 1.35 bits per heavy atom. The van der Waals surface area contributed by atoms with Crippen LogP contribution >= 0.6 is 15.9 Å². The van der Waals surface area contributed by atoms with Crippen LogP contribution in [0.15, 0.2) is 22.8 Å². The monoisotopic (exact) mass is 295 g/mol. The summed E-state index contributed by atoms with van der Waals surface area (Å²) in [5, 5.41) is 0. The highest BCUT2D eigenvalue weighted by molar-refractivity contribution is 9.10. The van der Waals surface area contributed by atoms with Crippen LogP contribution in [0.4, 0.5) is 0 Å². The van der Waals surface area contributed by atoms with Crippen molar-refractivity contribution in [3.05, 3.63) is 28.5 Å². The first-order valence-corrected chi connectivity index (χ1v) is 7.03. The standard InChI is InChI=1S/C14H18BrNO/c1-14(7-3-2-4-8-14)13(17)9-12-6-5-11(15)10-16-12/h5-6,10H,2-4,7-9H2,1H3. The molecule has 0 atom stereocenters. The van der Waals surface area contributed by atoms with E-state index in [4.69, 9.17) is 0 Å². The Bertz CT molecular complexity index is 393. The number of Topliss-reactive ketones (excluding diaryl/α,β-unsaturated/α-hetero) is 1. The van der Waals surface area contributed by atoms with Gasteiger partial charge in [-0.2, -0.15) is 0 Å². The zero-order chi connectivity index (χ0) is 12.3. The molecule has 2 nitrogen and oxygen atoms in total. The van der Waals surface area contributed by atoms with Crippen LogP contribution in [0.2, 0.25) is 0 Å². The molecular formula is C14H18BrNO. The summed E-state index contributed by atoms with van der Waals surface area (Å²) in [7, 11) is 0. The Labute approximate surface area is 111 Å². The van der Waals surface area contributed by atoms with Gasteiger partial charge in [-0.3, -0.25) is 9.78 Å². The molecular weight excluding hydrogens is 278 g/mol. The smallest absolute Gasteiger partial charge is 0.144 e. The van der Waals surface area contributed by atoms with Crippen molar-refractivity contribution in [1.29, 1.82) is 0 Å². The summed E-state index contributed by atoms with van der Waals surface area (Å²) in [6.45, 7) is 2.12. The maximum Gasteiger partial charge on any atom is 0.144 e. The predicted molar refractivity (Wildman–Crippen MR) is 71.8 cm³/mol. The van der Waals surface area contributed by atoms with E-state index in [1.54, 1.807) is 6.20 Å². The lowest BCUT2D eigenvalue weighted by atomic mass is 9.72. The number of carbonyl (C=O) groups is 1. The van der Waals surface area contributed by atoms with Crippen molar-refractivity contribution in [3.8, 4) is 0 Å². The van der Waals surface area contributed by atoms with Crippen LogP contribution in [0.1, 0.15) is 44.7 Å². The molecule has 0 radical (unpaired) electrons. The minimum Gasteiger partial charge on any atom is -0.299 e. The Kier molecular flexibility index (Phi) is 3.97. The van der Waals surface area contributed by atoms with Crippen LogP contribution in [0.3, 0.4) is 0 Å². The number of ketones is 1. The van der Waals surface area contributed by atoms with Crippen molar-refractivity contribution in [2.45, 2.75) is 45.4 Å². The van der Waals surface area contributed by atoms with E-state index in [0.29, 0.717) is 12.2 Å². The molecule has 0 amide bonds. The van der Waals surface area contributed by atoms with E-state index in [9.17, 15) is 4.79 Å². The van der Waals surface area contributed by atoms with Gasteiger partial charge in [0.05, 0.1) is 0 Å². The van der Waals surface area contributed by atoms with Crippen molar-refractivity contribution in [2.24, 2.45) is 5.41 Å². The normalized spacial score (nSPS) is 18.9. The van der Waals surface area contributed by atoms with Crippen molar-refractivity contribution >= 4 is 21.7 Å². The van der Waals surface area contributed by atoms with Gasteiger partial charge in [0, 0.05) is 28.2 Å². The lowest BCUT2D eigenvalue weighted by Gasteiger charge is -2.31. The maximum absolute atomic E-state index is 12.3. The molecule has 0 spiro atoms. The fourth-order valence-corrected chi connectivity index (χ4v) is 2.73. The van der Waals surface area contributed by atoms with Gasteiger partial charge in [-0.1, -0.05) is 26.2 Å². The van der Waals surface area contributed by atoms with Crippen LogP contribution in [0.25, 0.3) is 0 Å². The number of hydrogen-bond donors (Lipinski definition) is 0. The van der Waals surface area contributed by atoms with E-state index < -0.39 is 0 Å². The largest absolute Gasteiger partial charge is 0.299 e. The van der Waals surface area contributed by atoms with E-state index in [1.165, 1.54) is 19.3 Å². The number of carbonyl (C=O) groups excluding carboxylic acids is 1. The van der Waals surface area contributed by atoms with E-state index in [2.05, 4.69) is 27.8 Å². The maximum atomic E-state index is 12.3. The van der Waals surface area contributed by atoms with Gasteiger partial charge < -0.3 is 0 Å². The predicted octanol–water partition coefficient (Wildman–Crippen LogP) is 3.93. The first-order chi connectivity index (χ1) is 8.10. The van der Waals surface area contributed by atoms with E-state index in [0.717, 1.165) is 23.0 Å². The van der Waals surface area contributed by atoms with Gasteiger partial charge in [0.25, 0.3) is 0 Å². The third kappa shape index (κ3) is 3.15. The zero-order valence-corrected chi connectivity index (χ0v) is 11.8. The summed E-state index contributed by atoms with van der Waals surface area (Å²) >= 11 is 3.35. The highest BCUT2D eigenvalue weighted by Crippen LogP contribution is 2.37.